The van der Waals surface area contributed by atoms with Crippen LogP contribution < -0.4 is 10.6 Å². The van der Waals surface area contributed by atoms with Crippen molar-refractivity contribution in [2.75, 3.05) is 17.2 Å². The minimum absolute atomic E-state index is 0.179. The number of thiophene rings is 1. The molecule has 3 amide bonds. The second-order valence-electron chi connectivity index (χ2n) is 7.25. The number of halogens is 1. The van der Waals surface area contributed by atoms with Gasteiger partial charge in [-0.05, 0) is 59.8 Å². The number of carbonyl (C=O) groups is 3. The summed E-state index contributed by atoms with van der Waals surface area (Å²) in [6, 6.07) is 16.5. The maximum Gasteiger partial charge on any atom is 0.278 e. The maximum atomic E-state index is 13.2. The van der Waals surface area contributed by atoms with Gasteiger partial charge in [0.25, 0.3) is 11.8 Å². The molecule has 0 saturated heterocycles. The monoisotopic (exact) mass is 449 g/mol. The molecule has 4 rings (SSSR count). The van der Waals surface area contributed by atoms with E-state index in [4.69, 9.17) is 0 Å². The number of hydrogen-bond donors (Lipinski definition) is 2. The predicted octanol–water partition coefficient (Wildman–Crippen LogP) is 4.28. The lowest BCUT2D eigenvalue weighted by atomic mass is 10.1. The van der Waals surface area contributed by atoms with Crippen molar-refractivity contribution in [2.45, 2.75) is 13.3 Å². The van der Waals surface area contributed by atoms with E-state index in [9.17, 15) is 18.8 Å². The van der Waals surface area contributed by atoms with E-state index in [1.165, 1.54) is 35.3 Å². The molecule has 0 aliphatic carbocycles. The van der Waals surface area contributed by atoms with Crippen molar-refractivity contribution in [3.05, 3.63) is 88.0 Å². The second kappa shape index (κ2) is 9.15. The molecule has 0 fully saturated rings. The highest BCUT2D eigenvalue weighted by atomic mass is 32.1. The van der Waals surface area contributed by atoms with Gasteiger partial charge in [-0.3, -0.25) is 19.3 Å². The largest absolute Gasteiger partial charge is 0.350 e. The smallest absolute Gasteiger partial charge is 0.278 e. The van der Waals surface area contributed by atoms with Crippen molar-refractivity contribution in [2.24, 2.45) is 0 Å². The van der Waals surface area contributed by atoms with Crippen LogP contribution in [-0.4, -0.2) is 29.2 Å². The van der Waals surface area contributed by atoms with Crippen LogP contribution in [0.25, 0.3) is 5.57 Å². The summed E-state index contributed by atoms with van der Waals surface area (Å²) < 4.78 is 13.2. The minimum Gasteiger partial charge on any atom is -0.350 e. The fourth-order valence-electron chi connectivity index (χ4n) is 3.42. The number of imide groups is 1. The molecule has 2 aromatic carbocycles. The molecule has 0 spiro atoms. The Balaban J connectivity index is 1.57. The molecule has 1 aliphatic rings. The van der Waals surface area contributed by atoms with Gasteiger partial charge in [0.1, 0.15) is 11.5 Å². The van der Waals surface area contributed by atoms with Gasteiger partial charge in [0.2, 0.25) is 5.91 Å². The molecule has 0 radical (unpaired) electrons. The zero-order valence-electron chi connectivity index (χ0n) is 17.2. The van der Waals surface area contributed by atoms with Crippen molar-refractivity contribution in [1.29, 1.82) is 0 Å². The third-order valence-electron chi connectivity index (χ3n) is 4.95. The van der Waals surface area contributed by atoms with Crippen LogP contribution in [0.4, 0.5) is 15.8 Å². The Morgan fingerprint density at radius 2 is 1.66 bits per heavy atom. The van der Waals surface area contributed by atoms with Crippen LogP contribution in [0.2, 0.25) is 0 Å². The van der Waals surface area contributed by atoms with E-state index in [2.05, 4.69) is 10.6 Å². The molecular weight excluding hydrogens is 429 g/mol. The van der Waals surface area contributed by atoms with Crippen LogP contribution in [0.5, 0.6) is 0 Å². The zero-order valence-corrected chi connectivity index (χ0v) is 18.0. The molecule has 8 heteroatoms. The maximum absolute atomic E-state index is 13.2. The number of benzene rings is 2. The fourth-order valence-corrected chi connectivity index (χ4v) is 4.19. The van der Waals surface area contributed by atoms with Gasteiger partial charge in [-0.2, -0.15) is 0 Å². The molecule has 0 unspecified atom stereocenters. The first kappa shape index (κ1) is 21.5. The molecule has 6 nitrogen and oxygen atoms in total. The first-order chi connectivity index (χ1) is 15.4. The number of hydrogen-bond acceptors (Lipinski definition) is 5. The SMILES string of the molecule is CC(=O)Nc1ccc(NC2=C(c3cccs3)C(=O)N(CCc3ccc(F)cc3)C2=O)cc1. The molecule has 1 aliphatic heterocycles. The summed E-state index contributed by atoms with van der Waals surface area (Å²) in [6.45, 7) is 1.61. The third-order valence-corrected chi connectivity index (χ3v) is 5.83. The Bertz CT molecular complexity index is 1190. The number of anilines is 2. The molecule has 2 N–H and O–H groups in total. The molecule has 32 heavy (non-hydrogen) atoms. The third kappa shape index (κ3) is 4.60. The van der Waals surface area contributed by atoms with E-state index in [0.717, 1.165) is 5.56 Å². The Morgan fingerprint density at radius 3 is 2.28 bits per heavy atom. The highest BCUT2D eigenvalue weighted by molar-refractivity contribution is 7.11. The second-order valence-corrected chi connectivity index (χ2v) is 8.20. The van der Waals surface area contributed by atoms with E-state index in [1.54, 1.807) is 42.5 Å². The van der Waals surface area contributed by atoms with Gasteiger partial charge in [-0.15, -0.1) is 11.3 Å². The molecule has 2 heterocycles. The standard InChI is InChI=1S/C24H20FN3O3S/c1-15(29)26-18-8-10-19(11-9-18)27-22-21(20-3-2-14-32-20)23(30)28(24(22)31)13-12-16-4-6-17(25)7-5-16/h2-11,14,27H,12-13H2,1H3,(H,26,29). The highest BCUT2D eigenvalue weighted by Gasteiger charge is 2.39. The van der Waals surface area contributed by atoms with Gasteiger partial charge in [-0.25, -0.2) is 4.39 Å². The van der Waals surface area contributed by atoms with Gasteiger partial charge >= 0.3 is 0 Å². The number of rotatable bonds is 7. The Morgan fingerprint density at radius 1 is 0.969 bits per heavy atom. The number of nitrogens with one attached hydrogen (secondary N) is 2. The lowest BCUT2D eigenvalue weighted by molar-refractivity contribution is -0.136. The molecule has 162 valence electrons. The van der Waals surface area contributed by atoms with Crippen LogP contribution in [0.15, 0.2) is 71.7 Å². The Hall–Kier alpha value is -3.78. The van der Waals surface area contributed by atoms with Crippen molar-refractivity contribution in [3.63, 3.8) is 0 Å². The molecule has 3 aromatic rings. The van der Waals surface area contributed by atoms with Crippen molar-refractivity contribution in [3.8, 4) is 0 Å². The summed E-state index contributed by atoms with van der Waals surface area (Å²) >= 11 is 1.38. The molecular formula is C24H20FN3O3S. The lowest BCUT2D eigenvalue weighted by Gasteiger charge is -2.15. The zero-order chi connectivity index (χ0) is 22.7. The first-order valence-corrected chi connectivity index (χ1v) is 10.8. The number of amides is 3. The van der Waals surface area contributed by atoms with Crippen LogP contribution in [0.1, 0.15) is 17.4 Å². The average Bonchev–Trinajstić information content (AvgIpc) is 3.36. The first-order valence-electron chi connectivity index (χ1n) is 9.96. The predicted molar refractivity (Wildman–Crippen MR) is 122 cm³/mol. The normalized spacial score (nSPS) is 13.6. The summed E-state index contributed by atoms with van der Waals surface area (Å²) in [5, 5.41) is 7.62. The summed E-state index contributed by atoms with van der Waals surface area (Å²) in [5.41, 5.74) is 2.62. The van der Waals surface area contributed by atoms with E-state index in [1.807, 2.05) is 11.4 Å². The van der Waals surface area contributed by atoms with Gasteiger partial charge < -0.3 is 10.6 Å². The number of carbonyl (C=O) groups excluding carboxylic acids is 3. The summed E-state index contributed by atoms with van der Waals surface area (Å²) in [6.07, 6.45) is 0.425. The topological polar surface area (TPSA) is 78.5 Å². The quantitative estimate of drug-likeness (QED) is 0.528. The summed E-state index contributed by atoms with van der Waals surface area (Å²) in [5.74, 6) is -1.29. The van der Waals surface area contributed by atoms with Gasteiger partial charge in [0.05, 0.1) is 5.57 Å². The molecule has 0 bridgehead atoms. The van der Waals surface area contributed by atoms with E-state index in [-0.39, 0.29) is 29.9 Å². The van der Waals surface area contributed by atoms with Crippen LogP contribution in [-0.2, 0) is 20.8 Å². The molecule has 0 saturated carbocycles. The summed E-state index contributed by atoms with van der Waals surface area (Å²) in [7, 11) is 0. The number of nitrogens with zero attached hydrogens (tertiary/aromatic N) is 1. The minimum atomic E-state index is -0.411. The Labute approximate surface area is 188 Å². The van der Waals surface area contributed by atoms with E-state index < -0.39 is 5.91 Å². The lowest BCUT2D eigenvalue weighted by Crippen LogP contribution is -2.34. The van der Waals surface area contributed by atoms with Gasteiger partial charge in [0.15, 0.2) is 0 Å². The van der Waals surface area contributed by atoms with Crippen LogP contribution in [0.3, 0.4) is 0 Å². The Kier molecular flexibility index (Phi) is 6.13. The fraction of sp³-hybridized carbons (Fsp3) is 0.125. The van der Waals surface area contributed by atoms with Crippen LogP contribution in [0, 0.1) is 5.82 Å². The van der Waals surface area contributed by atoms with E-state index >= 15 is 0 Å². The highest BCUT2D eigenvalue weighted by Crippen LogP contribution is 2.33. The van der Waals surface area contributed by atoms with Crippen molar-refractivity contribution < 1.29 is 18.8 Å². The molecule has 1 aromatic heterocycles. The van der Waals surface area contributed by atoms with Gasteiger partial charge in [0, 0.05) is 29.7 Å². The van der Waals surface area contributed by atoms with E-state index in [0.29, 0.717) is 28.2 Å². The van der Waals surface area contributed by atoms with Crippen LogP contribution >= 0.6 is 11.3 Å². The van der Waals surface area contributed by atoms with Crippen molar-refractivity contribution in [1.82, 2.24) is 4.90 Å². The van der Waals surface area contributed by atoms with Gasteiger partial charge in [-0.1, -0.05) is 18.2 Å². The van der Waals surface area contributed by atoms with Crippen molar-refractivity contribution >= 4 is 46.0 Å². The average molecular weight is 450 g/mol. The molecule has 0 atom stereocenters. The summed E-state index contributed by atoms with van der Waals surface area (Å²) in [4.78, 5) is 39.5.